The molecule has 3 N–H and O–H groups in total. The molecular weight excluding hydrogens is 615 g/mol. The zero-order valence-corrected chi connectivity index (χ0v) is 26.9. The Morgan fingerprint density at radius 3 is 2.36 bits per heavy atom. The molecule has 0 aliphatic carbocycles. The first kappa shape index (κ1) is 32.2. The second-order valence-corrected chi connectivity index (χ2v) is 13.3. The van der Waals surface area contributed by atoms with Gasteiger partial charge in [-0.05, 0) is 30.7 Å². The molecule has 14 heteroatoms. The Bertz CT molecular complexity index is 1540. The van der Waals surface area contributed by atoms with Crippen LogP contribution in [0.1, 0.15) is 81.7 Å². The quantitative estimate of drug-likeness (QED) is 0.384. The third-order valence-electron chi connectivity index (χ3n) is 7.72. The minimum Gasteiger partial charge on any atom is -0.351 e. The Morgan fingerprint density at radius 1 is 0.933 bits per heavy atom. The first-order chi connectivity index (χ1) is 21.7. The fourth-order valence-electron chi connectivity index (χ4n) is 5.27. The molecule has 1 saturated heterocycles. The molecule has 45 heavy (non-hydrogen) atoms. The van der Waals surface area contributed by atoms with Crippen LogP contribution < -0.4 is 16.0 Å². The molecule has 1 fully saturated rings. The van der Waals surface area contributed by atoms with E-state index in [0.29, 0.717) is 42.2 Å². The highest BCUT2D eigenvalue weighted by atomic mass is 32.1. The summed E-state index contributed by atoms with van der Waals surface area (Å²) in [6, 6.07) is 8.66. The average molecular weight is 652 g/mol. The number of amides is 5. The van der Waals surface area contributed by atoms with Gasteiger partial charge in [0.1, 0.15) is 21.4 Å². The molecule has 4 heterocycles. The monoisotopic (exact) mass is 651 g/mol. The van der Waals surface area contributed by atoms with Crippen molar-refractivity contribution < 1.29 is 24.0 Å². The molecule has 5 rings (SSSR count). The van der Waals surface area contributed by atoms with Gasteiger partial charge in [0.15, 0.2) is 0 Å². The molecule has 5 amide bonds. The number of nitrogens with one attached hydrogen (secondary N) is 3. The second-order valence-electron chi connectivity index (χ2n) is 11.5. The molecule has 2 aliphatic heterocycles. The Kier molecular flexibility index (Phi) is 10.6. The van der Waals surface area contributed by atoms with Gasteiger partial charge in [-0.1, -0.05) is 44.2 Å². The number of thiazole rings is 2. The van der Waals surface area contributed by atoms with E-state index < -0.39 is 18.0 Å². The van der Waals surface area contributed by atoms with Crippen LogP contribution in [0.3, 0.4) is 0 Å². The van der Waals surface area contributed by atoms with Gasteiger partial charge in [0, 0.05) is 36.8 Å². The van der Waals surface area contributed by atoms with Gasteiger partial charge < -0.3 is 25.8 Å². The third-order valence-corrected chi connectivity index (χ3v) is 9.61. The van der Waals surface area contributed by atoms with Crippen molar-refractivity contribution in [2.45, 2.75) is 51.6 Å². The van der Waals surface area contributed by atoms with Crippen LogP contribution in [0.2, 0.25) is 0 Å². The van der Waals surface area contributed by atoms with E-state index in [4.69, 9.17) is 0 Å². The van der Waals surface area contributed by atoms with Gasteiger partial charge >= 0.3 is 0 Å². The standard InChI is InChI=1S/C31H37N7O5S2/c1-19(2)27-31-35-22(17-45-31)28(42)32-11-7-13-37(26(41)16-38-12-6-10-25(38)40)15-24(39)33-21(14-20-8-4-3-5-9-20)30-34-23(18-44-30)29(43)36-27/h3-5,8-9,17-19,21,27H,6-7,10-16H2,1-2H3,(H,32,42)(H,33,39)(H,36,43)/t21-,27-/m0/s1. The van der Waals surface area contributed by atoms with Crippen molar-refractivity contribution in [2.75, 3.05) is 32.7 Å². The van der Waals surface area contributed by atoms with Gasteiger partial charge in [-0.3, -0.25) is 24.0 Å². The summed E-state index contributed by atoms with van der Waals surface area (Å²) in [5, 5.41) is 13.4. The number of benzene rings is 1. The van der Waals surface area contributed by atoms with Crippen molar-refractivity contribution in [1.82, 2.24) is 35.7 Å². The Morgan fingerprint density at radius 2 is 1.64 bits per heavy atom. The molecule has 0 unspecified atom stereocenters. The van der Waals surface area contributed by atoms with Crippen molar-refractivity contribution in [3.05, 3.63) is 68.1 Å². The summed E-state index contributed by atoms with van der Waals surface area (Å²) < 4.78 is 0. The van der Waals surface area contributed by atoms with Crippen LogP contribution in [-0.4, -0.2) is 82.0 Å². The summed E-state index contributed by atoms with van der Waals surface area (Å²) in [4.78, 5) is 77.4. The van der Waals surface area contributed by atoms with Crippen LogP contribution in [0.15, 0.2) is 41.1 Å². The molecule has 12 nitrogen and oxygen atoms in total. The predicted octanol–water partition coefficient (Wildman–Crippen LogP) is 2.71. The molecule has 0 saturated carbocycles. The first-order valence-corrected chi connectivity index (χ1v) is 16.8. The minimum absolute atomic E-state index is 0.00674. The van der Waals surface area contributed by atoms with Crippen LogP contribution in [0.5, 0.6) is 0 Å². The molecule has 2 aromatic heterocycles. The number of rotatable bonds is 5. The maximum absolute atomic E-state index is 13.5. The lowest BCUT2D eigenvalue weighted by molar-refractivity contribution is -0.140. The molecule has 0 spiro atoms. The Hall–Kier alpha value is -4.17. The van der Waals surface area contributed by atoms with E-state index in [1.54, 1.807) is 10.8 Å². The van der Waals surface area contributed by atoms with E-state index in [0.717, 1.165) is 5.56 Å². The van der Waals surface area contributed by atoms with Gasteiger partial charge in [0.25, 0.3) is 11.8 Å². The van der Waals surface area contributed by atoms with Gasteiger partial charge in [-0.25, -0.2) is 9.97 Å². The van der Waals surface area contributed by atoms with Crippen LogP contribution in [0.4, 0.5) is 0 Å². The van der Waals surface area contributed by atoms with Gasteiger partial charge in [-0.2, -0.15) is 0 Å². The predicted molar refractivity (Wildman–Crippen MR) is 170 cm³/mol. The van der Waals surface area contributed by atoms with E-state index in [-0.39, 0.29) is 67.1 Å². The first-order valence-electron chi connectivity index (χ1n) is 15.1. The van der Waals surface area contributed by atoms with Crippen LogP contribution in [-0.2, 0) is 20.8 Å². The molecule has 3 aromatic rings. The highest BCUT2D eigenvalue weighted by molar-refractivity contribution is 7.10. The lowest BCUT2D eigenvalue weighted by atomic mass is 10.0. The summed E-state index contributed by atoms with van der Waals surface area (Å²) in [7, 11) is 0. The SMILES string of the molecule is CC(C)[C@@H]1NC(=O)c2csc(n2)[C@H](Cc2ccccc2)NC(=O)CN(C(=O)CN2CCCC2=O)CCCNC(=O)c2csc1n2. The largest absolute Gasteiger partial charge is 0.351 e. The highest BCUT2D eigenvalue weighted by Gasteiger charge is 2.29. The van der Waals surface area contributed by atoms with Crippen molar-refractivity contribution in [3.8, 4) is 0 Å². The summed E-state index contributed by atoms with van der Waals surface area (Å²) in [6.07, 6.45) is 1.93. The lowest BCUT2D eigenvalue weighted by Crippen LogP contribution is -2.47. The Balaban J connectivity index is 1.43. The van der Waals surface area contributed by atoms with Crippen molar-refractivity contribution in [3.63, 3.8) is 0 Å². The lowest BCUT2D eigenvalue weighted by Gasteiger charge is -2.26. The number of nitrogens with zero attached hydrogens (tertiary/aromatic N) is 4. The number of fused-ring (bicyclic) bond motifs is 4. The number of hydrogen-bond acceptors (Lipinski definition) is 9. The van der Waals surface area contributed by atoms with E-state index in [1.165, 1.54) is 32.5 Å². The molecule has 0 radical (unpaired) electrons. The summed E-state index contributed by atoms with van der Waals surface area (Å²) in [6.45, 7) is 4.56. The van der Waals surface area contributed by atoms with Gasteiger partial charge in [0.2, 0.25) is 17.7 Å². The van der Waals surface area contributed by atoms with Crippen LogP contribution in [0.25, 0.3) is 0 Å². The van der Waals surface area contributed by atoms with E-state index in [1.807, 2.05) is 44.2 Å². The van der Waals surface area contributed by atoms with Crippen molar-refractivity contribution >= 4 is 52.2 Å². The summed E-state index contributed by atoms with van der Waals surface area (Å²) >= 11 is 2.58. The number of hydrogen-bond donors (Lipinski definition) is 3. The molecule has 1 aromatic carbocycles. The highest BCUT2D eigenvalue weighted by Crippen LogP contribution is 2.27. The molecule has 4 bridgehead atoms. The van der Waals surface area contributed by atoms with Crippen LogP contribution in [0, 0.1) is 5.92 Å². The average Bonchev–Trinajstić information content (AvgIpc) is 3.79. The number of carbonyl (C=O) groups is 5. The fourth-order valence-corrected chi connectivity index (χ4v) is 7.14. The van der Waals surface area contributed by atoms with Gasteiger partial charge in [-0.15, -0.1) is 22.7 Å². The molecule has 238 valence electrons. The van der Waals surface area contributed by atoms with E-state index in [2.05, 4.69) is 25.9 Å². The zero-order valence-electron chi connectivity index (χ0n) is 25.3. The molecular formula is C31H37N7O5S2. The van der Waals surface area contributed by atoms with Crippen LogP contribution >= 0.6 is 22.7 Å². The molecule has 2 atom stereocenters. The maximum atomic E-state index is 13.5. The smallest absolute Gasteiger partial charge is 0.271 e. The van der Waals surface area contributed by atoms with E-state index >= 15 is 0 Å². The minimum atomic E-state index is -0.549. The fraction of sp³-hybridized carbons (Fsp3) is 0.452. The molecule has 2 aliphatic rings. The normalized spacial score (nSPS) is 20.2. The third kappa shape index (κ3) is 8.31. The number of aromatic nitrogens is 2. The maximum Gasteiger partial charge on any atom is 0.271 e. The van der Waals surface area contributed by atoms with Gasteiger partial charge in [0.05, 0.1) is 25.2 Å². The van der Waals surface area contributed by atoms with Crippen molar-refractivity contribution in [2.24, 2.45) is 5.92 Å². The number of likely N-dealkylation sites (tertiary alicyclic amines) is 1. The summed E-state index contributed by atoms with van der Waals surface area (Å²) in [5.74, 6) is -1.56. The zero-order chi connectivity index (χ0) is 31.9. The second kappa shape index (κ2) is 14.7. The topological polar surface area (TPSA) is 154 Å². The number of carbonyl (C=O) groups excluding carboxylic acids is 5. The van der Waals surface area contributed by atoms with E-state index in [9.17, 15) is 24.0 Å². The summed E-state index contributed by atoms with van der Waals surface area (Å²) in [5.41, 5.74) is 1.43. The Labute approximate surface area is 269 Å². The van der Waals surface area contributed by atoms with Crippen molar-refractivity contribution in [1.29, 1.82) is 0 Å².